The minimum Gasteiger partial charge on any atom is -0.444 e. The van der Waals surface area contributed by atoms with Crippen LogP contribution in [0.5, 0.6) is 0 Å². The molecule has 10 heteroatoms. The van der Waals surface area contributed by atoms with Crippen LogP contribution >= 0.6 is 0 Å². The van der Waals surface area contributed by atoms with Gasteiger partial charge in [0.1, 0.15) is 11.4 Å². The Morgan fingerprint density at radius 3 is 2.31 bits per heavy atom. The zero-order chi connectivity index (χ0) is 26.6. The van der Waals surface area contributed by atoms with Crippen molar-refractivity contribution < 1.29 is 23.9 Å². The molecule has 1 aromatic rings. The second-order valence-electron chi connectivity index (χ2n) is 11.0. The number of nitrogens with one attached hydrogen (secondary N) is 2. The Hall–Kier alpha value is -3.17. The van der Waals surface area contributed by atoms with Gasteiger partial charge in [-0.3, -0.25) is 19.7 Å². The quantitative estimate of drug-likeness (QED) is 0.611. The van der Waals surface area contributed by atoms with Crippen LogP contribution in [-0.4, -0.2) is 69.9 Å². The molecule has 0 radical (unpaired) electrons. The van der Waals surface area contributed by atoms with E-state index in [0.29, 0.717) is 42.6 Å². The predicted octanol–water partition coefficient (Wildman–Crippen LogP) is 3.56. The van der Waals surface area contributed by atoms with Gasteiger partial charge >= 0.3 is 17.9 Å². The van der Waals surface area contributed by atoms with E-state index in [0.717, 1.165) is 25.7 Å². The van der Waals surface area contributed by atoms with E-state index in [2.05, 4.69) is 22.5 Å². The van der Waals surface area contributed by atoms with Gasteiger partial charge in [-0.2, -0.15) is 0 Å². The molecular formula is C26H39N5O5. The molecule has 0 unspecified atom stereocenters. The number of piperidine rings is 2. The summed E-state index contributed by atoms with van der Waals surface area (Å²) in [5.41, 5.74) is 0.352. The highest BCUT2D eigenvalue weighted by Gasteiger charge is 2.39. The summed E-state index contributed by atoms with van der Waals surface area (Å²) in [6.07, 6.45) is 4.32. The van der Waals surface area contributed by atoms with Crippen LogP contribution in [0.3, 0.4) is 0 Å². The molecule has 0 aromatic carbocycles. The molecule has 2 fully saturated rings. The van der Waals surface area contributed by atoms with Crippen LogP contribution in [-0.2, 0) is 19.1 Å². The second kappa shape index (κ2) is 11.3. The Bertz CT molecular complexity index is 997. The molecule has 2 aliphatic heterocycles. The topological polar surface area (TPSA) is 121 Å². The largest absolute Gasteiger partial charge is 0.444 e. The van der Waals surface area contributed by atoms with Gasteiger partial charge in [0.25, 0.3) is 0 Å². The number of likely N-dealkylation sites (tertiary alicyclic amines) is 2. The lowest BCUT2D eigenvalue weighted by molar-refractivity contribution is -0.148. The fraction of sp³-hybridized carbons (Fsp3) is 0.654. The number of aromatic nitrogens is 1. The van der Waals surface area contributed by atoms with Crippen LogP contribution in [0.2, 0.25) is 0 Å². The van der Waals surface area contributed by atoms with Gasteiger partial charge in [-0.1, -0.05) is 6.92 Å². The highest BCUT2D eigenvalue weighted by Crippen LogP contribution is 2.32. The summed E-state index contributed by atoms with van der Waals surface area (Å²) in [4.78, 5) is 57.7. The van der Waals surface area contributed by atoms with Gasteiger partial charge in [0.2, 0.25) is 5.91 Å². The van der Waals surface area contributed by atoms with Gasteiger partial charge in [-0.15, -0.1) is 0 Å². The first-order valence-electron chi connectivity index (χ1n) is 12.7. The van der Waals surface area contributed by atoms with E-state index in [1.165, 1.54) is 6.20 Å². The van der Waals surface area contributed by atoms with Gasteiger partial charge in [0.05, 0.1) is 11.9 Å². The van der Waals surface area contributed by atoms with Crippen LogP contribution in [0.25, 0.3) is 0 Å². The summed E-state index contributed by atoms with van der Waals surface area (Å²) in [5.74, 6) is -0.271. The molecule has 0 saturated carbocycles. The van der Waals surface area contributed by atoms with Crippen LogP contribution in [0.15, 0.2) is 12.3 Å². The number of hydrogen-bond acceptors (Lipinski definition) is 6. The van der Waals surface area contributed by atoms with Crippen molar-refractivity contribution in [2.75, 3.05) is 30.3 Å². The summed E-state index contributed by atoms with van der Waals surface area (Å²) >= 11 is 0. The Labute approximate surface area is 213 Å². The normalized spacial score (nSPS) is 21.1. The van der Waals surface area contributed by atoms with E-state index in [1.54, 1.807) is 45.6 Å². The van der Waals surface area contributed by atoms with Crippen molar-refractivity contribution in [3.05, 3.63) is 17.8 Å². The van der Waals surface area contributed by atoms with E-state index in [9.17, 15) is 19.2 Å². The van der Waals surface area contributed by atoms with Crippen molar-refractivity contribution in [3.8, 4) is 0 Å². The molecule has 2 atom stereocenters. The second-order valence-corrected chi connectivity index (χ2v) is 11.0. The highest BCUT2D eigenvalue weighted by molar-refractivity contribution is 6.39. The molecular weight excluding hydrogens is 462 g/mol. The number of aryl methyl sites for hydroxylation is 1. The minimum absolute atomic E-state index is 0.00572. The van der Waals surface area contributed by atoms with Crippen molar-refractivity contribution in [3.63, 3.8) is 0 Å². The highest BCUT2D eigenvalue weighted by atomic mass is 16.6. The molecule has 0 spiro atoms. The van der Waals surface area contributed by atoms with Crippen molar-refractivity contribution in [1.82, 2.24) is 14.8 Å². The monoisotopic (exact) mass is 501 g/mol. The number of rotatable bonds is 3. The molecule has 2 N–H and O–H groups in total. The molecule has 0 aliphatic carbocycles. The van der Waals surface area contributed by atoms with Crippen LogP contribution in [0.1, 0.15) is 65.9 Å². The fourth-order valence-electron chi connectivity index (χ4n) is 4.99. The third kappa shape index (κ3) is 7.18. The van der Waals surface area contributed by atoms with Crippen LogP contribution < -0.4 is 10.6 Å². The molecule has 3 rings (SSSR count). The molecule has 3 heterocycles. The fourth-order valence-corrected chi connectivity index (χ4v) is 4.99. The molecule has 4 amide bonds. The molecule has 2 aliphatic rings. The molecule has 2 saturated heterocycles. The van der Waals surface area contributed by atoms with Gasteiger partial charge in [-0.25, -0.2) is 9.78 Å². The maximum absolute atomic E-state index is 13.3. The Kier molecular flexibility index (Phi) is 8.58. The van der Waals surface area contributed by atoms with Gasteiger partial charge in [-0.05, 0) is 76.8 Å². The lowest BCUT2D eigenvalue weighted by Gasteiger charge is -2.45. The smallest absolute Gasteiger partial charge is 0.413 e. The van der Waals surface area contributed by atoms with Crippen LogP contribution in [0.4, 0.5) is 16.3 Å². The van der Waals surface area contributed by atoms with E-state index < -0.39 is 23.5 Å². The number of anilines is 2. The first kappa shape index (κ1) is 27.4. The SMILES string of the molecule is CC(=O)N1CCC([C@H]2CC[C@H](C)CN2C(=O)C(=O)Nc2cnc(NC(=O)OC(C)(C)C)c(C)c2)CC1. The number of carbonyl (C=O) groups is 4. The zero-order valence-corrected chi connectivity index (χ0v) is 22.2. The van der Waals surface area contributed by atoms with Crippen molar-refractivity contribution in [2.24, 2.45) is 11.8 Å². The Balaban J connectivity index is 1.64. The number of carbonyl (C=O) groups excluding carboxylic acids is 4. The molecule has 36 heavy (non-hydrogen) atoms. The average molecular weight is 502 g/mol. The third-order valence-corrected chi connectivity index (χ3v) is 6.80. The average Bonchev–Trinajstić information content (AvgIpc) is 2.79. The van der Waals surface area contributed by atoms with Crippen molar-refractivity contribution in [1.29, 1.82) is 0 Å². The number of nitrogens with zero attached hydrogens (tertiary/aromatic N) is 3. The van der Waals surface area contributed by atoms with Gasteiger partial charge in [0, 0.05) is 32.6 Å². The molecule has 10 nitrogen and oxygen atoms in total. The lowest BCUT2D eigenvalue weighted by Crippen LogP contribution is -2.54. The molecule has 198 valence electrons. The van der Waals surface area contributed by atoms with Gasteiger partial charge in [0.15, 0.2) is 0 Å². The van der Waals surface area contributed by atoms with Gasteiger partial charge < -0.3 is 19.9 Å². The van der Waals surface area contributed by atoms with E-state index >= 15 is 0 Å². The molecule has 1 aromatic heterocycles. The summed E-state index contributed by atoms with van der Waals surface area (Å²) < 4.78 is 5.25. The summed E-state index contributed by atoms with van der Waals surface area (Å²) in [7, 11) is 0. The number of pyridine rings is 1. The summed E-state index contributed by atoms with van der Waals surface area (Å²) in [6.45, 7) is 12.6. The van der Waals surface area contributed by atoms with Crippen LogP contribution in [0, 0.1) is 18.8 Å². The van der Waals surface area contributed by atoms with Crippen molar-refractivity contribution in [2.45, 2.75) is 78.9 Å². The first-order chi connectivity index (χ1) is 16.8. The number of ether oxygens (including phenoxy) is 1. The summed E-state index contributed by atoms with van der Waals surface area (Å²) in [6, 6.07) is 1.65. The lowest BCUT2D eigenvalue weighted by atomic mass is 9.81. The summed E-state index contributed by atoms with van der Waals surface area (Å²) in [5, 5.41) is 5.26. The number of amides is 4. The number of hydrogen-bond donors (Lipinski definition) is 2. The predicted molar refractivity (Wildman–Crippen MR) is 136 cm³/mol. The minimum atomic E-state index is -0.704. The maximum atomic E-state index is 13.3. The Morgan fingerprint density at radius 1 is 1.06 bits per heavy atom. The Morgan fingerprint density at radius 2 is 1.72 bits per heavy atom. The van der Waals surface area contributed by atoms with Crippen molar-refractivity contribution >= 4 is 35.3 Å². The van der Waals surface area contributed by atoms with E-state index in [4.69, 9.17) is 4.74 Å². The standard InChI is InChI=1S/C26H39N5O5/c1-16-7-8-21(19-9-11-30(12-10-19)18(3)32)31(15-16)24(34)23(33)28-20-13-17(2)22(27-14-20)29-25(35)36-26(4,5)6/h13-14,16,19,21H,7-12,15H2,1-6H3,(H,28,33)(H,27,29,35)/t16-,21+/m0/s1. The third-order valence-electron chi connectivity index (χ3n) is 6.80. The maximum Gasteiger partial charge on any atom is 0.413 e. The van der Waals surface area contributed by atoms with E-state index in [-0.39, 0.29) is 17.9 Å². The molecule has 0 bridgehead atoms. The first-order valence-corrected chi connectivity index (χ1v) is 12.7. The zero-order valence-electron chi connectivity index (χ0n) is 22.2. The van der Waals surface area contributed by atoms with E-state index in [1.807, 2.05) is 4.90 Å².